The Morgan fingerprint density at radius 1 is 1.26 bits per heavy atom. The van der Waals surface area contributed by atoms with Gasteiger partial charge in [0.1, 0.15) is 0 Å². The summed E-state index contributed by atoms with van der Waals surface area (Å²) in [6.07, 6.45) is 5.11. The number of halogens is 1. The topological polar surface area (TPSA) is 44.4 Å². The van der Waals surface area contributed by atoms with Gasteiger partial charge in [-0.2, -0.15) is 0 Å². The van der Waals surface area contributed by atoms with E-state index in [1.165, 1.54) is 19.4 Å². The van der Waals surface area contributed by atoms with Crippen molar-refractivity contribution in [3.8, 4) is 0 Å². The molecule has 1 amide bonds. The van der Waals surface area contributed by atoms with Crippen LogP contribution in [0.4, 0.5) is 5.69 Å². The summed E-state index contributed by atoms with van der Waals surface area (Å²) in [5, 5.41) is 6.71. The minimum absolute atomic E-state index is 0.0832. The van der Waals surface area contributed by atoms with Gasteiger partial charge in [-0.3, -0.25) is 9.69 Å². The molecule has 3 rings (SSSR count). The summed E-state index contributed by atoms with van der Waals surface area (Å²) in [6.45, 7) is 5.71. The molecule has 1 saturated heterocycles. The van der Waals surface area contributed by atoms with Crippen molar-refractivity contribution in [1.29, 1.82) is 0 Å². The first-order chi connectivity index (χ1) is 11.1. The van der Waals surface area contributed by atoms with Crippen molar-refractivity contribution >= 4 is 27.5 Å². The van der Waals surface area contributed by atoms with Gasteiger partial charge < -0.3 is 10.6 Å². The maximum atomic E-state index is 12.2. The number of anilines is 1. The highest BCUT2D eigenvalue weighted by molar-refractivity contribution is 9.10. The predicted octanol–water partition coefficient (Wildman–Crippen LogP) is 3.16. The molecule has 0 bridgehead atoms. The number of likely N-dealkylation sites (tertiary alicyclic amines) is 1. The van der Waals surface area contributed by atoms with Crippen molar-refractivity contribution in [3.63, 3.8) is 0 Å². The molecule has 0 radical (unpaired) electrons. The lowest BCUT2D eigenvalue weighted by atomic mass is 10.0. The Bertz CT molecular complexity index is 551. The molecule has 0 spiro atoms. The van der Waals surface area contributed by atoms with Crippen LogP contribution in [-0.4, -0.2) is 43.0 Å². The van der Waals surface area contributed by atoms with E-state index in [4.69, 9.17) is 0 Å². The lowest BCUT2D eigenvalue weighted by molar-refractivity contribution is -0.117. The van der Waals surface area contributed by atoms with Crippen LogP contribution in [0.25, 0.3) is 0 Å². The Morgan fingerprint density at radius 3 is 2.65 bits per heavy atom. The average Bonchev–Trinajstić information content (AvgIpc) is 3.34. The van der Waals surface area contributed by atoms with E-state index in [0.29, 0.717) is 12.6 Å². The van der Waals surface area contributed by atoms with Crippen LogP contribution in [0.2, 0.25) is 0 Å². The number of carbonyl (C=O) groups excluding carboxylic acids is 1. The zero-order chi connectivity index (χ0) is 16.2. The Hall–Kier alpha value is -0.910. The van der Waals surface area contributed by atoms with Gasteiger partial charge in [-0.15, -0.1) is 0 Å². The third-order valence-corrected chi connectivity index (χ3v) is 5.30. The fourth-order valence-electron chi connectivity index (χ4n) is 3.11. The highest BCUT2D eigenvalue weighted by atomic mass is 79.9. The molecule has 2 aliphatic rings. The first-order valence-corrected chi connectivity index (χ1v) is 9.41. The van der Waals surface area contributed by atoms with Crippen LogP contribution in [0.15, 0.2) is 22.7 Å². The zero-order valence-electron chi connectivity index (χ0n) is 13.8. The Labute approximate surface area is 147 Å². The molecule has 4 nitrogen and oxygen atoms in total. The van der Waals surface area contributed by atoms with E-state index in [9.17, 15) is 4.79 Å². The van der Waals surface area contributed by atoms with E-state index >= 15 is 0 Å². The summed E-state index contributed by atoms with van der Waals surface area (Å²) in [5.74, 6) is 1.02. The van der Waals surface area contributed by atoms with Gasteiger partial charge in [0, 0.05) is 29.3 Å². The number of nitrogens with one attached hydrogen (secondary N) is 2. The molecule has 23 heavy (non-hydrogen) atoms. The van der Waals surface area contributed by atoms with Gasteiger partial charge in [-0.05, 0) is 68.8 Å². The lowest BCUT2D eigenvalue weighted by Crippen LogP contribution is -2.45. The van der Waals surface area contributed by atoms with E-state index in [1.807, 2.05) is 25.1 Å². The standard InChI is InChI=1S/C18H26BrN3O/c1-13-10-15(19)4-5-17(13)21-18(23)12-22-8-6-16(7-9-22)20-11-14-2-3-14/h4-5,10,14,16,20H,2-3,6-9,11-12H2,1H3,(H,21,23). The molecular formula is C18H26BrN3O. The molecule has 1 heterocycles. The first-order valence-electron chi connectivity index (χ1n) is 8.62. The molecule has 1 aromatic rings. The van der Waals surface area contributed by atoms with Crippen LogP contribution in [0.3, 0.4) is 0 Å². The number of hydrogen-bond acceptors (Lipinski definition) is 3. The number of aryl methyl sites for hydroxylation is 1. The Kier molecular flexibility index (Phi) is 5.72. The lowest BCUT2D eigenvalue weighted by Gasteiger charge is -2.32. The average molecular weight is 380 g/mol. The molecule has 2 fully saturated rings. The van der Waals surface area contributed by atoms with Gasteiger partial charge in [0.25, 0.3) is 0 Å². The molecule has 0 unspecified atom stereocenters. The molecule has 1 aromatic carbocycles. The highest BCUT2D eigenvalue weighted by Gasteiger charge is 2.25. The maximum Gasteiger partial charge on any atom is 0.238 e. The fraction of sp³-hybridized carbons (Fsp3) is 0.611. The zero-order valence-corrected chi connectivity index (χ0v) is 15.4. The van der Waals surface area contributed by atoms with Crippen molar-refractivity contribution in [2.45, 2.75) is 38.6 Å². The Balaban J connectivity index is 1.40. The van der Waals surface area contributed by atoms with Gasteiger partial charge in [0.15, 0.2) is 0 Å². The third kappa shape index (κ3) is 5.30. The normalized spacial score (nSPS) is 19.7. The second-order valence-electron chi connectivity index (χ2n) is 6.91. The monoisotopic (exact) mass is 379 g/mol. The van der Waals surface area contributed by atoms with Gasteiger partial charge >= 0.3 is 0 Å². The predicted molar refractivity (Wildman–Crippen MR) is 97.7 cm³/mol. The van der Waals surface area contributed by atoms with Crippen LogP contribution in [0, 0.1) is 12.8 Å². The number of piperidine rings is 1. The molecule has 2 N–H and O–H groups in total. The van der Waals surface area contributed by atoms with Crippen molar-refractivity contribution in [2.75, 3.05) is 31.5 Å². The smallest absolute Gasteiger partial charge is 0.238 e. The van der Waals surface area contributed by atoms with E-state index in [2.05, 4.69) is 31.5 Å². The number of benzene rings is 1. The van der Waals surface area contributed by atoms with Gasteiger partial charge in [-0.1, -0.05) is 15.9 Å². The van der Waals surface area contributed by atoms with Gasteiger partial charge in [-0.25, -0.2) is 0 Å². The van der Waals surface area contributed by atoms with Gasteiger partial charge in [0.2, 0.25) is 5.91 Å². The summed E-state index contributed by atoms with van der Waals surface area (Å²) in [6, 6.07) is 6.57. The largest absolute Gasteiger partial charge is 0.325 e. The molecule has 1 aliphatic heterocycles. The molecule has 1 saturated carbocycles. The molecule has 5 heteroatoms. The maximum absolute atomic E-state index is 12.2. The quantitative estimate of drug-likeness (QED) is 0.797. The van der Waals surface area contributed by atoms with Crippen LogP contribution in [-0.2, 0) is 4.79 Å². The number of hydrogen-bond donors (Lipinski definition) is 2. The summed E-state index contributed by atoms with van der Waals surface area (Å²) in [5.41, 5.74) is 1.98. The van der Waals surface area contributed by atoms with Crippen LogP contribution in [0.1, 0.15) is 31.2 Å². The number of carbonyl (C=O) groups is 1. The highest BCUT2D eigenvalue weighted by Crippen LogP contribution is 2.28. The van der Waals surface area contributed by atoms with Crippen LogP contribution in [0.5, 0.6) is 0 Å². The van der Waals surface area contributed by atoms with Crippen molar-refractivity contribution in [2.24, 2.45) is 5.92 Å². The molecule has 0 aromatic heterocycles. The Morgan fingerprint density at radius 2 is 2.00 bits per heavy atom. The summed E-state index contributed by atoms with van der Waals surface area (Å²) in [4.78, 5) is 14.5. The first kappa shape index (κ1) is 16.9. The summed E-state index contributed by atoms with van der Waals surface area (Å²) >= 11 is 3.45. The summed E-state index contributed by atoms with van der Waals surface area (Å²) < 4.78 is 1.04. The van der Waals surface area contributed by atoms with Crippen LogP contribution >= 0.6 is 15.9 Å². The van der Waals surface area contributed by atoms with E-state index in [-0.39, 0.29) is 5.91 Å². The number of rotatable bonds is 6. The summed E-state index contributed by atoms with van der Waals surface area (Å²) in [7, 11) is 0. The van der Waals surface area contributed by atoms with Crippen molar-refractivity contribution < 1.29 is 4.79 Å². The molecule has 126 valence electrons. The van der Waals surface area contributed by atoms with Crippen molar-refractivity contribution in [3.05, 3.63) is 28.2 Å². The SMILES string of the molecule is Cc1cc(Br)ccc1NC(=O)CN1CCC(NCC2CC2)CC1. The molecule has 1 aliphatic carbocycles. The minimum Gasteiger partial charge on any atom is -0.325 e. The number of amides is 1. The molecular weight excluding hydrogens is 354 g/mol. The van der Waals surface area contributed by atoms with E-state index in [1.54, 1.807) is 0 Å². The number of nitrogens with zero attached hydrogens (tertiary/aromatic N) is 1. The van der Waals surface area contributed by atoms with E-state index < -0.39 is 0 Å². The second-order valence-corrected chi connectivity index (χ2v) is 7.83. The van der Waals surface area contributed by atoms with Crippen LogP contribution < -0.4 is 10.6 Å². The third-order valence-electron chi connectivity index (χ3n) is 4.81. The second kappa shape index (κ2) is 7.77. The van der Waals surface area contributed by atoms with Crippen molar-refractivity contribution in [1.82, 2.24) is 10.2 Å². The minimum atomic E-state index is 0.0832. The van der Waals surface area contributed by atoms with E-state index in [0.717, 1.165) is 47.6 Å². The molecule has 0 atom stereocenters. The fourth-order valence-corrected chi connectivity index (χ4v) is 3.59. The van der Waals surface area contributed by atoms with Gasteiger partial charge in [0.05, 0.1) is 6.54 Å².